The van der Waals surface area contributed by atoms with Crippen molar-refractivity contribution in [3.8, 4) is 5.69 Å². The summed E-state index contributed by atoms with van der Waals surface area (Å²) in [7, 11) is 0. The Morgan fingerprint density at radius 3 is 2.69 bits per heavy atom. The normalized spacial score (nSPS) is 10.3. The number of rotatable bonds is 1. The second-order valence-electron chi connectivity index (χ2n) is 2.72. The summed E-state index contributed by atoms with van der Waals surface area (Å²) in [6, 6.07) is 5.57. The second-order valence-corrected chi connectivity index (χ2v) is 3.11. The van der Waals surface area contributed by atoms with Crippen molar-refractivity contribution in [1.29, 1.82) is 0 Å². The molecule has 0 fully saturated rings. The maximum Gasteiger partial charge on any atom is 0.129 e. The van der Waals surface area contributed by atoms with E-state index in [1.165, 1.54) is 0 Å². The van der Waals surface area contributed by atoms with Gasteiger partial charge in [-0.15, -0.1) is 0 Å². The summed E-state index contributed by atoms with van der Waals surface area (Å²) in [5.74, 6) is 0. The largest absolute Gasteiger partial charge is 0.242 e. The molecule has 3 nitrogen and oxygen atoms in total. The third kappa shape index (κ3) is 1.55. The first kappa shape index (κ1) is 8.26. The molecule has 0 aliphatic heterocycles. The predicted molar refractivity (Wildman–Crippen MR) is 51.1 cm³/mol. The average molecular weight is 194 g/mol. The fraction of sp³-hybridized carbons (Fsp3) is 0.111. The number of hydrogen-bond donors (Lipinski definition) is 0. The number of hydrogen-bond acceptors (Lipinski definition) is 2. The number of halogens is 1. The summed E-state index contributed by atoms with van der Waals surface area (Å²) < 4.78 is 1.81. The van der Waals surface area contributed by atoms with Crippen molar-refractivity contribution >= 4 is 11.6 Å². The lowest BCUT2D eigenvalue weighted by Gasteiger charge is -2.02. The summed E-state index contributed by atoms with van der Waals surface area (Å²) in [5, 5.41) is 4.64. The van der Waals surface area contributed by atoms with Crippen LogP contribution in [-0.4, -0.2) is 14.8 Å². The van der Waals surface area contributed by atoms with Gasteiger partial charge in [-0.3, -0.25) is 0 Å². The van der Waals surface area contributed by atoms with Crippen LogP contribution >= 0.6 is 11.6 Å². The molecule has 13 heavy (non-hydrogen) atoms. The van der Waals surface area contributed by atoms with Crippen LogP contribution in [-0.2, 0) is 0 Å². The van der Waals surface area contributed by atoms with Crippen LogP contribution in [0.1, 0.15) is 5.69 Å². The molecular formula is C9H8ClN3. The van der Waals surface area contributed by atoms with E-state index >= 15 is 0 Å². The summed E-state index contributed by atoms with van der Waals surface area (Å²) >= 11 is 5.67. The van der Waals surface area contributed by atoms with Crippen LogP contribution in [0.25, 0.3) is 5.69 Å². The van der Waals surface area contributed by atoms with Gasteiger partial charge < -0.3 is 0 Å². The van der Waals surface area contributed by atoms with Crippen molar-refractivity contribution in [2.45, 2.75) is 6.92 Å². The van der Waals surface area contributed by atoms with Gasteiger partial charge in [0.15, 0.2) is 0 Å². The van der Waals surface area contributed by atoms with E-state index in [1.807, 2.05) is 23.7 Å². The molecule has 0 N–H and O–H groups in total. The van der Waals surface area contributed by atoms with Crippen LogP contribution in [0, 0.1) is 6.92 Å². The molecule has 0 saturated carbocycles. The molecular weight excluding hydrogens is 186 g/mol. The SMILES string of the molecule is Cc1ccnn1-c1ccc(Cl)nc1. The van der Waals surface area contributed by atoms with Gasteiger partial charge in [0.1, 0.15) is 5.15 Å². The van der Waals surface area contributed by atoms with Crippen molar-refractivity contribution in [2.75, 3.05) is 0 Å². The minimum Gasteiger partial charge on any atom is -0.242 e. The van der Waals surface area contributed by atoms with E-state index in [0.717, 1.165) is 11.4 Å². The third-order valence-electron chi connectivity index (χ3n) is 1.79. The second kappa shape index (κ2) is 3.18. The van der Waals surface area contributed by atoms with E-state index in [9.17, 15) is 0 Å². The Kier molecular flexibility index (Phi) is 2.02. The Morgan fingerprint density at radius 2 is 2.15 bits per heavy atom. The van der Waals surface area contributed by atoms with E-state index in [4.69, 9.17) is 11.6 Å². The zero-order chi connectivity index (χ0) is 9.26. The van der Waals surface area contributed by atoms with Crippen LogP contribution in [0.3, 0.4) is 0 Å². The average Bonchev–Trinajstić information content (AvgIpc) is 2.53. The highest BCUT2D eigenvalue weighted by atomic mass is 35.5. The van der Waals surface area contributed by atoms with Crippen LogP contribution in [0.2, 0.25) is 5.15 Å². The van der Waals surface area contributed by atoms with Crippen LogP contribution in [0.5, 0.6) is 0 Å². The van der Waals surface area contributed by atoms with Crippen LogP contribution in [0.4, 0.5) is 0 Å². The van der Waals surface area contributed by atoms with E-state index in [-0.39, 0.29) is 0 Å². The highest BCUT2D eigenvalue weighted by Gasteiger charge is 1.99. The van der Waals surface area contributed by atoms with Gasteiger partial charge in [0.25, 0.3) is 0 Å². The molecule has 66 valence electrons. The number of aryl methyl sites for hydroxylation is 1. The van der Waals surface area contributed by atoms with E-state index in [1.54, 1.807) is 18.5 Å². The van der Waals surface area contributed by atoms with E-state index in [2.05, 4.69) is 10.1 Å². The highest BCUT2D eigenvalue weighted by Crippen LogP contribution is 2.10. The Bertz CT molecular complexity index is 405. The highest BCUT2D eigenvalue weighted by molar-refractivity contribution is 6.29. The maximum atomic E-state index is 5.67. The molecule has 4 heteroatoms. The van der Waals surface area contributed by atoms with Gasteiger partial charge >= 0.3 is 0 Å². The minimum absolute atomic E-state index is 0.494. The molecule has 0 spiro atoms. The molecule has 0 aliphatic carbocycles. The molecule has 2 aromatic heterocycles. The van der Waals surface area contributed by atoms with E-state index < -0.39 is 0 Å². The van der Waals surface area contributed by atoms with Gasteiger partial charge in [0.05, 0.1) is 11.9 Å². The molecule has 2 aromatic rings. The first-order chi connectivity index (χ1) is 6.27. The van der Waals surface area contributed by atoms with Gasteiger partial charge in [-0.2, -0.15) is 5.10 Å². The molecule has 0 amide bonds. The standard InChI is InChI=1S/C9H8ClN3/c1-7-4-5-12-13(7)8-2-3-9(10)11-6-8/h2-6H,1H3. The molecule has 0 aliphatic rings. The first-order valence-electron chi connectivity index (χ1n) is 3.90. The molecule has 0 saturated heterocycles. The van der Waals surface area contributed by atoms with Crippen LogP contribution < -0.4 is 0 Å². The van der Waals surface area contributed by atoms with Gasteiger partial charge in [-0.1, -0.05) is 11.6 Å². The van der Waals surface area contributed by atoms with Crippen molar-refractivity contribution in [3.05, 3.63) is 41.4 Å². The quantitative estimate of drug-likeness (QED) is 0.651. The summed E-state index contributed by atoms with van der Waals surface area (Å²) in [4.78, 5) is 3.98. The van der Waals surface area contributed by atoms with Gasteiger partial charge in [0.2, 0.25) is 0 Å². The zero-order valence-corrected chi connectivity index (χ0v) is 7.86. The molecule has 2 heterocycles. The summed E-state index contributed by atoms with van der Waals surface area (Å²) in [6.45, 7) is 1.99. The molecule has 0 radical (unpaired) electrons. The number of pyridine rings is 1. The lowest BCUT2D eigenvalue weighted by molar-refractivity contribution is 0.841. The first-order valence-corrected chi connectivity index (χ1v) is 4.28. The third-order valence-corrected chi connectivity index (χ3v) is 2.01. The van der Waals surface area contributed by atoms with Gasteiger partial charge in [0, 0.05) is 11.9 Å². The Labute approximate surface area is 81.0 Å². The fourth-order valence-corrected chi connectivity index (χ4v) is 1.24. The molecule has 2 rings (SSSR count). The fourth-order valence-electron chi connectivity index (χ4n) is 1.13. The zero-order valence-electron chi connectivity index (χ0n) is 7.11. The lowest BCUT2D eigenvalue weighted by Crippen LogP contribution is -1.98. The Morgan fingerprint density at radius 1 is 1.31 bits per heavy atom. The predicted octanol–water partition coefficient (Wildman–Crippen LogP) is 2.23. The smallest absolute Gasteiger partial charge is 0.129 e. The van der Waals surface area contributed by atoms with Crippen molar-refractivity contribution in [2.24, 2.45) is 0 Å². The topological polar surface area (TPSA) is 30.7 Å². The summed E-state index contributed by atoms with van der Waals surface area (Å²) in [5.41, 5.74) is 2.00. The molecule has 0 atom stereocenters. The van der Waals surface area contributed by atoms with Crippen LogP contribution in [0.15, 0.2) is 30.6 Å². The summed E-state index contributed by atoms with van der Waals surface area (Å²) in [6.07, 6.45) is 3.45. The minimum atomic E-state index is 0.494. The van der Waals surface area contributed by atoms with Crippen molar-refractivity contribution in [1.82, 2.24) is 14.8 Å². The van der Waals surface area contributed by atoms with E-state index in [0.29, 0.717) is 5.15 Å². The van der Waals surface area contributed by atoms with Gasteiger partial charge in [-0.05, 0) is 25.1 Å². The van der Waals surface area contributed by atoms with Crippen molar-refractivity contribution in [3.63, 3.8) is 0 Å². The Hall–Kier alpha value is -1.35. The molecule has 0 unspecified atom stereocenters. The number of aromatic nitrogens is 3. The maximum absolute atomic E-state index is 5.67. The molecule has 0 bridgehead atoms. The molecule has 0 aromatic carbocycles. The number of nitrogens with zero attached hydrogens (tertiary/aromatic N) is 3. The van der Waals surface area contributed by atoms with Crippen molar-refractivity contribution < 1.29 is 0 Å². The Balaban J connectivity index is 2.47. The lowest BCUT2D eigenvalue weighted by atomic mass is 10.4. The van der Waals surface area contributed by atoms with Gasteiger partial charge in [-0.25, -0.2) is 9.67 Å². The monoisotopic (exact) mass is 193 g/mol.